The summed E-state index contributed by atoms with van der Waals surface area (Å²) in [6.45, 7) is 1.40. The van der Waals surface area contributed by atoms with Crippen molar-refractivity contribution in [2.75, 3.05) is 5.75 Å². The van der Waals surface area contributed by atoms with Gasteiger partial charge in [0, 0.05) is 24.0 Å². The van der Waals surface area contributed by atoms with Gasteiger partial charge in [-0.05, 0) is 23.8 Å². The summed E-state index contributed by atoms with van der Waals surface area (Å²) in [6.07, 6.45) is -6.07. The Labute approximate surface area is 194 Å². The molecule has 4 rings (SSSR count). The van der Waals surface area contributed by atoms with Crippen molar-refractivity contribution >= 4 is 15.5 Å². The van der Waals surface area contributed by atoms with Crippen molar-refractivity contribution in [3.63, 3.8) is 0 Å². The van der Waals surface area contributed by atoms with Crippen LogP contribution in [-0.4, -0.2) is 39.9 Å². The summed E-state index contributed by atoms with van der Waals surface area (Å²) in [5.41, 5.74) is -0.731. The molecular weight excluding hydrogens is 502 g/mol. The van der Waals surface area contributed by atoms with Gasteiger partial charge in [0.05, 0.1) is 10.6 Å². The zero-order valence-corrected chi connectivity index (χ0v) is 18.4. The van der Waals surface area contributed by atoms with Crippen molar-refractivity contribution in [2.45, 2.75) is 24.4 Å². The Morgan fingerprint density at radius 3 is 2.26 bits per heavy atom. The van der Waals surface area contributed by atoms with E-state index in [2.05, 4.69) is 19.7 Å². The van der Waals surface area contributed by atoms with Gasteiger partial charge in [0.1, 0.15) is 34.8 Å². The number of benzene rings is 1. The number of ether oxygens (including phenoxy) is 1. The fourth-order valence-electron chi connectivity index (χ4n) is 3.20. The van der Waals surface area contributed by atoms with Gasteiger partial charge in [0.25, 0.3) is 0 Å². The van der Waals surface area contributed by atoms with E-state index in [1.165, 1.54) is 41.9 Å². The SMILES string of the molecule is CCS(=O)(=O)c1cc(-c2ccc(OC(F)(F)F)cc2)cnc1-c1cn2cnc(C(F)(F)F)cc2n1. The first-order valence-corrected chi connectivity index (χ1v) is 11.4. The monoisotopic (exact) mass is 516 g/mol. The summed E-state index contributed by atoms with van der Waals surface area (Å²) in [4.78, 5) is 11.4. The molecule has 3 heterocycles. The summed E-state index contributed by atoms with van der Waals surface area (Å²) in [5, 5.41) is 0. The van der Waals surface area contributed by atoms with Gasteiger partial charge in [-0.1, -0.05) is 19.1 Å². The number of pyridine rings is 1. The van der Waals surface area contributed by atoms with Gasteiger partial charge >= 0.3 is 12.5 Å². The minimum absolute atomic E-state index is 0.00127. The van der Waals surface area contributed by atoms with Crippen LogP contribution in [0.5, 0.6) is 5.75 Å². The quantitative estimate of drug-likeness (QED) is 0.340. The summed E-state index contributed by atoms with van der Waals surface area (Å²) < 4.78 is 107. The molecule has 0 spiro atoms. The summed E-state index contributed by atoms with van der Waals surface area (Å²) >= 11 is 0. The molecule has 7 nitrogen and oxygen atoms in total. The average molecular weight is 516 g/mol. The maximum Gasteiger partial charge on any atom is 0.573 e. The number of aromatic nitrogens is 4. The first kappa shape index (κ1) is 24.4. The van der Waals surface area contributed by atoms with E-state index in [1.807, 2.05) is 0 Å². The van der Waals surface area contributed by atoms with Gasteiger partial charge in [0.15, 0.2) is 9.84 Å². The molecule has 0 aliphatic rings. The highest BCUT2D eigenvalue weighted by Crippen LogP contribution is 2.33. The van der Waals surface area contributed by atoms with E-state index < -0.39 is 33.8 Å². The molecule has 35 heavy (non-hydrogen) atoms. The van der Waals surface area contributed by atoms with Crippen molar-refractivity contribution in [1.29, 1.82) is 0 Å². The van der Waals surface area contributed by atoms with Crippen molar-refractivity contribution in [2.24, 2.45) is 0 Å². The van der Waals surface area contributed by atoms with Crippen LogP contribution in [-0.2, 0) is 16.0 Å². The van der Waals surface area contributed by atoms with Gasteiger partial charge < -0.3 is 4.74 Å². The molecule has 0 aliphatic heterocycles. The smallest absolute Gasteiger partial charge is 0.406 e. The lowest BCUT2D eigenvalue weighted by Gasteiger charge is -2.11. The number of rotatable bonds is 5. The first-order valence-electron chi connectivity index (χ1n) is 9.78. The van der Waals surface area contributed by atoms with Crippen molar-refractivity contribution in [3.8, 4) is 28.3 Å². The molecule has 0 bridgehead atoms. The molecule has 0 saturated heterocycles. The second-order valence-corrected chi connectivity index (χ2v) is 9.46. The van der Waals surface area contributed by atoms with Crippen LogP contribution < -0.4 is 4.74 Å². The number of hydrogen-bond donors (Lipinski definition) is 0. The lowest BCUT2D eigenvalue weighted by molar-refractivity contribution is -0.274. The third-order valence-electron chi connectivity index (χ3n) is 4.87. The van der Waals surface area contributed by atoms with Gasteiger partial charge in [0.2, 0.25) is 0 Å². The molecule has 0 fully saturated rings. The zero-order valence-electron chi connectivity index (χ0n) is 17.6. The fraction of sp³-hybridized carbons (Fsp3) is 0.190. The highest BCUT2D eigenvalue weighted by atomic mass is 32.2. The van der Waals surface area contributed by atoms with Crippen molar-refractivity contribution in [3.05, 3.63) is 60.8 Å². The molecule has 1 aromatic carbocycles. The summed E-state index contributed by atoms with van der Waals surface area (Å²) in [5.74, 6) is -0.764. The number of alkyl halides is 6. The number of nitrogens with zero attached hydrogens (tertiary/aromatic N) is 4. The van der Waals surface area contributed by atoms with Crippen LogP contribution in [0.3, 0.4) is 0 Å². The molecule has 0 unspecified atom stereocenters. The van der Waals surface area contributed by atoms with Crippen LogP contribution in [0.4, 0.5) is 26.3 Å². The Kier molecular flexibility index (Phi) is 5.95. The number of hydrogen-bond acceptors (Lipinski definition) is 6. The Morgan fingerprint density at radius 2 is 1.66 bits per heavy atom. The van der Waals surface area contributed by atoms with Gasteiger partial charge in [-0.3, -0.25) is 9.38 Å². The normalized spacial score (nSPS) is 12.8. The van der Waals surface area contributed by atoms with E-state index in [-0.39, 0.29) is 33.2 Å². The minimum Gasteiger partial charge on any atom is -0.406 e. The fourth-order valence-corrected chi connectivity index (χ4v) is 4.27. The average Bonchev–Trinajstić information content (AvgIpc) is 3.21. The maximum atomic E-state index is 13.0. The number of fused-ring (bicyclic) bond motifs is 1. The molecule has 0 saturated carbocycles. The lowest BCUT2D eigenvalue weighted by Crippen LogP contribution is -2.16. The lowest BCUT2D eigenvalue weighted by atomic mass is 10.1. The summed E-state index contributed by atoms with van der Waals surface area (Å²) in [7, 11) is -3.89. The Balaban J connectivity index is 1.79. The van der Waals surface area contributed by atoms with E-state index in [0.29, 0.717) is 5.56 Å². The topological polar surface area (TPSA) is 86.5 Å². The van der Waals surface area contributed by atoms with Crippen LogP contribution >= 0.6 is 0 Å². The molecule has 0 amide bonds. The van der Waals surface area contributed by atoms with E-state index in [4.69, 9.17) is 0 Å². The summed E-state index contributed by atoms with van der Waals surface area (Å²) in [6, 6.07) is 6.74. The van der Waals surface area contributed by atoms with Gasteiger partial charge in [-0.25, -0.2) is 18.4 Å². The van der Waals surface area contributed by atoms with Crippen LogP contribution in [0.25, 0.3) is 28.2 Å². The molecule has 14 heteroatoms. The van der Waals surface area contributed by atoms with Crippen LogP contribution in [0.15, 0.2) is 60.0 Å². The second-order valence-electron chi connectivity index (χ2n) is 7.21. The number of halogens is 6. The number of imidazole rings is 1. The second kappa shape index (κ2) is 8.52. The van der Waals surface area contributed by atoms with E-state index in [0.717, 1.165) is 24.5 Å². The molecule has 4 aromatic rings. The van der Waals surface area contributed by atoms with Crippen LogP contribution in [0.1, 0.15) is 12.6 Å². The van der Waals surface area contributed by atoms with E-state index >= 15 is 0 Å². The largest absolute Gasteiger partial charge is 0.573 e. The maximum absolute atomic E-state index is 13.0. The predicted octanol–water partition coefficient (Wildman–Crippen LogP) is 5.17. The third kappa shape index (κ3) is 5.21. The Bertz CT molecular complexity index is 1500. The first-order chi connectivity index (χ1) is 16.3. The zero-order chi connectivity index (χ0) is 25.6. The Morgan fingerprint density at radius 1 is 0.971 bits per heavy atom. The highest BCUT2D eigenvalue weighted by molar-refractivity contribution is 7.91. The third-order valence-corrected chi connectivity index (χ3v) is 6.61. The molecule has 0 N–H and O–H groups in total. The van der Waals surface area contributed by atoms with Crippen LogP contribution in [0, 0.1) is 0 Å². The highest BCUT2D eigenvalue weighted by Gasteiger charge is 2.33. The van der Waals surface area contributed by atoms with E-state index in [1.54, 1.807) is 0 Å². The molecule has 0 radical (unpaired) electrons. The molecule has 184 valence electrons. The van der Waals surface area contributed by atoms with E-state index in [9.17, 15) is 34.8 Å². The van der Waals surface area contributed by atoms with Gasteiger partial charge in [-0.15, -0.1) is 13.2 Å². The molecule has 0 aliphatic carbocycles. The van der Waals surface area contributed by atoms with Crippen molar-refractivity contribution < 1.29 is 39.5 Å². The predicted molar refractivity (Wildman–Crippen MR) is 111 cm³/mol. The standard InChI is InChI=1S/C21H14F6N4O3S/c1-2-35(32,33)16-7-13(12-3-5-14(6-4-12)34-21(25,26)27)9-28-19(16)15-10-31-11-29-17(20(22,23)24)8-18(31)30-15/h3-11H,2H2,1H3. The molecule has 0 atom stereocenters. The minimum atomic E-state index is -4.86. The molecular formula is C21H14F6N4O3S. The Hall–Kier alpha value is -3.68. The van der Waals surface area contributed by atoms with Gasteiger partial charge in [-0.2, -0.15) is 13.2 Å². The molecule has 3 aromatic heterocycles. The van der Waals surface area contributed by atoms with Crippen molar-refractivity contribution in [1.82, 2.24) is 19.4 Å². The number of sulfone groups is 1. The van der Waals surface area contributed by atoms with Crippen LogP contribution in [0.2, 0.25) is 0 Å².